The van der Waals surface area contributed by atoms with Gasteiger partial charge in [0.1, 0.15) is 22.7 Å². The number of carbonyl (C=O) groups excluding carboxylic acids is 1. The number of amides is 1. The molecule has 4 aromatic rings. The molecule has 0 bridgehead atoms. The van der Waals surface area contributed by atoms with Gasteiger partial charge < -0.3 is 19.2 Å². The molecule has 4 rings (SSSR count). The molecule has 26 heavy (non-hydrogen) atoms. The van der Waals surface area contributed by atoms with E-state index in [9.17, 15) is 4.79 Å². The Morgan fingerprint density at radius 2 is 1.77 bits per heavy atom. The third kappa shape index (κ3) is 3.19. The third-order valence-electron chi connectivity index (χ3n) is 4.07. The number of ether oxygens (including phenoxy) is 2. The first-order valence-corrected chi connectivity index (χ1v) is 8.21. The van der Waals surface area contributed by atoms with Crippen molar-refractivity contribution in [3.63, 3.8) is 0 Å². The molecule has 3 aromatic carbocycles. The molecule has 0 fully saturated rings. The maximum atomic E-state index is 12.1. The summed E-state index contributed by atoms with van der Waals surface area (Å²) in [6.45, 7) is -0.0848. The molecule has 1 heterocycles. The molecular weight excluding hydrogens is 330 g/mol. The molecule has 0 aliphatic carbocycles. The Bertz CT molecular complexity index is 1080. The Hall–Kier alpha value is -3.47. The highest BCUT2D eigenvalue weighted by molar-refractivity contribution is 6.05. The number of fused-ring (bicyclic) bond motifs is 3. The van der Waals surface area contributed by atoms with E-state index in [1.165, 1.54) is 0 Å². The Morgan fingerprint density at radius 1 is 0.923 bits per heavy atom. The predicted octanol–water partition coefficient (Wildman–Crippen LogP) is 4.61. The number of hydrogen-bond acceptors (Lipinski definition) is 4. The SMILES string of the molecule is COc1cccc(NC(=O)COc2ccc3oc4ccccc4c3c2)c1. The minimum atomic E-state index is -0.240. The molecule has 0 saturated carbocycles. The zero-order valence-corrected chi connectivity index (χ0v) is 14.2. The largest absolute Gasteiger partial charge is 0.497 e. The molecule has 0 spiro atoms. The highest BCUT2D eigenvalue weighted by atomic mass is 16.5. The van der Waals surface area contributed by atoms with Gasteiger partial charge in [-0.2, -0.15) is 0 Å². The van der Waals surface area contributed by atoms with Crippen molar-refractivity contribution < 1.29 is 18.7 Å². The Balaban J connectivity index is 1.47. The van der Waals surface area contributed by atoms with Crippen molar-refractivity contribution in [3.8, 4) is 11.5 Å². The van der Waals surface area contributed by atoms with Gasteiger partial charge in [-0.3, -0.25) is 4.79 Å². The highest BCUT2D eigenvalue weighted by Crippen LogP contribution is 2.31. The second-order valence-electron chi connectivity index (χ2n) is 5.82. The number of carbonyl (C=O) groups is 1. The summed E-state index contributed by atoms with van der Waals surface area (Å²) in [4.78, 5) is 12.1. The molecule has 0 saturated heterocycles. The maximum absolute atomic E-state index is 12.1. The standard InChI is InChI=1S/C21H17NO4/c1-24-15-6-4-5-14(11-15)22-21(23)13-25-16-9-10-20-18(12-16)17-7-2-3-8-19(17)26-20/h2-12H,13H2,1H3,(H,22,23). The van der Waals surface area contributed by atoms with E-state index in [1.54, 1.807) is 25.3 Å². The highest BCUT2D eigenvalue weighted by Gasteiger charge is 2.09. The van der Waals surface area contributed by atoms with Gasteiger partial charge in [-0.05, 0) is 36.4 Å². The van der Waals surface area contributed by atoms with E-state index in [1.807, 2.05) is 48.5 Å². The smallest absolute Gasteiger partial charge is 0.262 e. The Labute approximate surface area is 150 Å². The number of para-hydroxylation sites is 1. The summed E-state index contributed by atoms with van der Waals surface area (Å²) in [6.07, 6.45) is 0. The van der Waals surface area contributed by atoms with Crippen molar-refractivity contribution in [1.82, 2.24) is 0 Å². The number of furan rings is 1. The fraction of sp³-hybridized carbons (Fsp3) is 0.0952. The van der Waals surface area contributed by atoms with Crippen LogP contribution >= 0.6 is 0 Å². The van der Waals surface area contributed by atoms with Crippen LogP contribution in [0.5, 0.6) is 11.5 Å². The summed E-state index contributed by atoms with van der Waals surface area (Å²) < 4.78 is 16.6. The maximum Gasteiger partial charge on any atom is 0.262 e. The minimum Gasteiger partial charge on any atom is -0.497 e. The summed E-state index contributed by atoms with van der Waals surface area (Å²) in [6, 6.07) is 20.5. The van der Waals surface area contributed by atoms with E-state index in [4.69, 9.17) is 13.9 Å². The summed E-state index contributed by atoms with van der Waals surface area (Å²) in [5.41, 5.74) is 2.28. The van der Waals surface area contributed by atoms with E-state index in [0.29, 0.717) is 17.2 Å². The van der Waals surface area contributed by atoms with Gasteiger partial charge in [0.15, 0.2) is 6.61 Å². The number of hydrogen-bond donors (Lipinski definition) is 1. The second kappa shape index (κ2) is 6.80. The number of benzene rings is 3. The molecule has 0 radical (unpaired) electrons. The van der Waals surface area contributed by atoms with Crippen LogP contribution in [0.1, 0.15) is 0 Å². The van der Waals surface area contributed by atoms with Crippen molar-refractivity contribution in [3.05, 3.63) is 66.7 Å². The van der Waals surface area contributed by atoms with E-state index in [2.05, 4.69) is 5.32 Å². The number of anilines is 1. The van der Waals surface area contributed by atoms with Crippen LogP contribution in [0.25, 0.3) is 21.9 Å². The molecule has 1 aromatic heterocycles. The average Bonchev–Trinajstić information content (AvgIpc) is 3.04. The van der Waals surface area contributed by atoms with Gasteiger partial charge in [-0.25, -0.2) is 0 Å². The third-order valence-corrected chi connectivity index (χ3v) is 4.07. The minimum absolute atomic E-state index is 0.0848. The molecule has 0 atom stereocenters. The Kier molecular flexibility index (Phi) is 4.19. The van der Waals surface area contributed by atoms with E-state index < -0.39 is 0 Å². The summed E-state index contributed by atoms with van der Waals surface area (Å²) in [7, 11) is 1.58. The van der Waals surface area contributed by atoms with Crippen molar-refractivity contribution in [2.24, 2.45) is 0 Å². The van der Waals surface area contributed by atoms with Gasteiger partial charge in [-0.1, -0.05) is 24.3 Å². The first-order chi connectivity index (χ1) is 12.7. The molecule has 0 aliphatic heterocycles. The topological polar surface area (TPSA) is 60.7 Å². The van der Waals surface area contributed by atoms with Gasteiger partial charge >= 0.3 is 0 Å². The zero-order chi connectivity index (χ0) is 17.9. The van der Waals surface area contributed by atoms with Crippen molar-refractivity contribution in [2.75, 3.05) is 19.0 Å². The lowest BCUT2D eigenvalue weighted by atomic mass is 10.1. The van der Waals surface area contributed by atoms with Crippen molar-refractivity contribution in [1.29, 1.82) is 0 Å². The average molecular weight is 347 g/mol. The predicted molar refractivity (Wildman–Crippen MR) is 101 cm³/mol. The Morgan fingerprint density at radius 3 is 2.65 bits per heavy atom. The molecule has 5 nitrogen and oxygen atoms in total. The number of rotatable bonds is 5. The monoisotopic (exact) mass is 347 g/mol. The molecule has 1 N–H and O–H groups in total. The fourth-order valence-corrected chi connectivity index (χ4v) is 2.84. The van der Waals surface area contributed by atoms with E-state index >= 15 is 0 Å². The second-order valence-corrected chi connectivity index (χ2v) is 5.82. The first-order valence-electron chi connectivity index (χ1n) is 8.21. The van der Waals surface area contributed by atoms with Gasteiger partial charge in [0.25, 0.3) is 5.91 Å². The molecular formula is C21H17NO4. The summed E-state index contributed by atoms with van der Waals surface area (Å²) >= 11 is 0. The first kappa shape index (κ1) is 16.0. The van der Waals surface area contributed by atoms with Crippen LogP contribution in [0.3, 0.4) is 0 Å². The van der Waals surface area contributed by atoms with Crippen LogP contribution in [-0.4, -0.2) is 19.6 Å². The molecule has 5 heteroatoms. The van der Waals surface area contributed by atoms with Gasteiger partial charge in [0.2, 0.25) is 0 Å². The normalized spacial score (nSPS) is 10.8. The molecule has 0 aliphatic rings. The van der Waals surface area contributed by atoms with E-state index in [-0.39, 0.29) is 12.5 Å². The molecule has 1 amide bonds. The zero-order valence-electron chi connectivity index (χ0n) is 14.2. The molecule has 130 valence electrons. The van der Waals surface area contributed by atoms with Gasteiger partial charge in [0, 0.05) is 22.5 Å². The van der Waals surface area contributed by atoms with Gasteiger partial charge in [0.05, 0.1) is 7.11 Å². The lowest BCUT2D eigenvalue weighted by molar-refractivity contribution is -0.118. The fourth-order valence-electron chi connectivity index (χ4n) is 2.84. The van der Waals surface area contributed by atoms with Crippen LogP contribution in [0.2, 0.25) is 0 Å². The van der Waals surface area contributed by atoms with Crippen molar-refractivity contribution >= 4 is 33.5 Å². The van der Waals surface area contributed by atoms with E-state index in [0.717, 1.165) is 21.9 Å². The van der Waals surface area contributed by atoms with Crippen LogP contribution in [0, 0.1) is 0 Å². The van der Waals surface area contributed by atoms with Crippen molar-refractivity contribution in [2.45, 2.75) is 0 Å². The lowest BCUT2D eigenvalue weighted by Crippen LogP contribution is -2.20. The number of methoxy groups -OCH3 is 1. The summed E-state index contributed by atoms with van der Waals surface area (Å²) in [5, 5.41) is 4.77. The quantitative estimate of drug-likeness (QED) is 0.573. The van der Waals surface area contributed by atoms with Crippen LogP contribution < -0.4 is 14.8 Å². The number of nitrogens with one attached hydrogen (secondary N) is 1. The van der Waals surface area contributed by atoms with Crippen LogP contribution in [0.15, 0.2) is 71.1 Å². The lowest BCUT2D eigenvalue weighted by Gasteiger charge is -2.08. The van der Waals surface area contributed by atoms with Crippen LogP contribution in [-0.2, 0) is 4.79 Å². The van der Waals surface area contributed by atoms with Gasteiger partial charge in [-0.15, -0.1) is 0 Å². The molecule has 0 unspecified atom stereocenters. The summed E-state index contributed by atoms with van der Waals surface area (Å²) in [5.74, 6) is 1.06. The van der Waals surface area contributed by atoms with Crippen LogP contribution in [0.4, 0.5) is 5.69 Å².